The van der Waals surface area contributed by atoms with Gasteiger partial charge in [0.1, 0.15) is 5.75 Å². The predicted molar refractivity (Wildman–Crippen MR) is 107 cm³/mol. The molecular formula is C19H23NO6S2. The van der Waals surface area contributed by atoms with E-state index in [9.17, 15) is 27.0 Å². The van der Waals surface area contributed by atoms with Crippen molar-refractivity contribution < 1.29 is 27.0 Å². The molecule has 0 unspecified atom stereocenters. The number of aromatic hydroxyl groups is 1. The quantitative estimate of drug-likeness (QED) is 0.756. The zero-order chi connectivity index (χ0) is 20.7. The molecule has 0 radical (unpaired) electrons. The molecule has 1 heterocycles. The Balaban J connectivity index is 2.13. The number of hydrogen-bond acceptors (Lipinski definition) is 6. The lowest BCUT2D eigenvalue weighted by Crippen LogP contribution is -2.47. The first-order valence-electron chi connectivity index (χ1n) is 8.83. The minimum absolute atomic E-state index is 0.0169. The van der Waals surface area contributed by atoms with Gasteiger partial charge in [-0.1, -0.05) is 32.0 Å². The number of hydrogen-bond donors (Lipinski definition) is 2. The first-order chi connectivity index (χ1) is 13.0. The van der Waals surface area contributed by atoms with Gasteiger partial charge in [0.05, 0.1) is 34.2 Å². The van der Waals surface area contributed by atoms with Crippen LogP contribution in [0.2, 0.25) is 0 Å². The van der Waals surface area contributed by atoms with Crippen LogP contribution in [0.25, 0.3) is 0 Å². The van der Waals surface area contributed by atoms with Crippen LogP contribution in [0.15, 0.2) is 53.4 Å². The molecule has 152 valence electrons. The largest absolute Gasteiger partial charge is 0.508 e. The molecule has 1 saturated heterocycles. The maximum atomic E-state index is 13.4. The standard InChI is InChI=1S/C19H23NO6S2/c1-13(2)14-6-8-17(9-7-14)28(25,26)20(15-4-3-5-16(21)10-15)18-11-27(23,24)12-19(18)22/h3-10,13,18-19,21-22H,11-12H2,1-2H3/t18-,19-/m0/s1. The van der Waals surface area contributed by atoms with E-state index in [1.54, 1.807) is 12.1 Å². The number of anilines is 1. The van der Waals surface area contributed by atoms with E-state index < -0.39 is 43.5 Å². The van der Waals surface area contributed by atoms with Gasteiger partial charge in [0.15, 0.2) is 9.84 Å². The van der Waals surface area contributed by atoms with Gasteiger partial charge in [0, 0.05) is 6.07 Å². The van der Waals surface area contributed by atoms with E-state index in [4.69, 9.17) is 0 Å². The van der Waals surface area contributed by atoms with Gasteiger partial charge < -0.3 is 10.2 Å². The van der Waals surface area contributed by atoms with Crippen LogP contribution in [0.5, 0.6) is 5.75 Å². The number of nitrogens with zero attached hydrogens (tertiary/aromatic N) is 1. The van der Waals surface area contributed by atoms with Crippen LogP contribution in [-0.2, 0) is 19.9 Å². The fourth-order valence-corrected chi connectivity index (χ4v) is 6.85. The highest BCUT2D eigenvalue weighted by Gasteiger charge is 2.45. The Kier molecular flexibility index (Phi) is 5.44. The molecule has 0 saturated carbocycles. The molecule has 0 aliphatic carbocycles. The molecule has 0 aromatic heterocycles. The van der Waals surface area contributed by atoms with Crippen molar-refractivity contribution in [3.8, 4) is 5.75 Å². The molecule has 7 nitrogen and oxygen atoms in total. The van der Waals surface area contributed by atoms with Gasteiger partial charge in [0.25, 0.3) is 10.0 Å². The molecule has 2 aromatic rings. The van der Waals surface area contributed by atoms with Crippen LogP contribution in [0.3, 0.4) is 0 Å². The van der Waals surface area contributed by atoms with Crippen molar-refractivity contribution in [1.82, 2.24) is 0 Å². The molecular weight excluding hydrogens is 402 g/mol. The van der Waals surface area contributed by atoms with Gasteiger partial charge >= 0.3 is 0 Å². The van der Waals surface area contributed by atoms with E-state index in [1.807, 2.05) is 13.8 Å². The van der Waals surface area contributed by atoms with Crippen molar-refractivity contribution in [3.05, 3.63) is 54.1 Å². The van der Waals surface area contributed by atoms with Gasteiger partial charge in [-0.05, 0) is 35.7 Å². The zero-order valence-corrected chi connectivity index (χ0v) is 17.2. The van der Waals surface area contributed by atoms with Crippen molar-refractivity contribution in [2.75, 3.05) is 15.8 Å². The Labute approximate surface area is 165 Å². The van der Waals surface area contributed by atoms with E-state index in [-0.39, 0.29) is 22.3 Å². The molecule has 1 fully saturated rings. The smallest absolute Gasteiger partial charge is 0.264 e. The second kappa shape index (κ2) is 7.38. The lowest BCUT2D eigenvalue weighted by Gasteiger charge is -2.31. The van der Waals surface area contributed by atoms with Crippen molar-refractivity contribution in [1.29, 1.82) is 0 Å². The normalized spacial score (nSPS) is 21.7. The Morgan fingerprint density at radius 2 is 1.71 bits per heavy atom. The van der Waals surface area contributed by atoms with Crippen LogP contribution in [0.4, 0.5) is 5.69 Å². The number of rotatable bonds is 5. The summed E-state index contributed by atoms with van der Waals surface area (Å²) in [4.78, 5) is -0.0169. The van der Waals surface area contributed by atoms with E-state index in [0.29, 0.717) is 0 Å². The van der Waals surface area contributed by atoms with E-state index in [0.717, 1.165) is 9.87 Å². The number of phenolic OH excluding ortho intramolecular Hbond substituents is 1. The Hall–Kier alpha value is -2.10. The van der Waals surface area contributed by atoms with Crippen LogP contribution in [-0.4, -0.2) is 50.7 Å². The summed E-state index contributed by atoms with van der Waals surface area (Å²) in [6, 6.07) is 10.7. The average Bonchev–Trinajstić information content (AvgIpc) is 2.87. The molecule has 1 aliphatic rings. The summed E-state index contributed by atoms with van der Waals surface area (Å²) in [5.41, 5.74) is 1.06. The molecule has 0 spiro atoms. The summed E-state index contributed by atoms with van der Waals surface area (Å²) in [6.45, 7) is 3.98. The minimum atomic E-state index is -4.18. The summed E-state index contributed by atoms with van der Waals surface area (Å²) in [5, 5.41) is 20.1. The lowest BCUT2D eigenvalue weighted by molar-refractivity contribution is 0.184. The third kappa shape index (κ3) is 4.01. The SMILES string of the molecule is CC(C)c1ccc(S(=O)(=O)N(c2cccc(O)c2)[C@H]2CS(=O)(=O)C[C@@H]2O)cc1. The van der Waals surface area contributed by atoms with Crippen LogP contribution >= 0.6 is 0 Å². The summed E-state index contributed by atoms with van der Waals surface area (Å²) < 4.78 is 51.7. The fraction of sp³-hybridized carbons (Fsp3) is 0.368. The van der Waals surface area contributed by atoms with Crippen molar-refractivity contribution in [2.24, 2.45) is 0 Å². The van der Waals surface area contributed by atoms with Gasteiger partial charge in [-0.3, -0.25) is 4.31 Å². The van der Waals surface area contributed by atoms with Crippen LogP contribution < -0.4 is 4.31 Å². The number of aliphatic hydroxyl groups excluding tert-OH is 1. The lowest BCUT2D eigenvalue weighted by atomic mass is 10.0. The predicted octanol–water partition coefficient (Wildman–Crippen LogP) is 1.87. The Bertz CT molecular complexity index is 1060. The highest BCUT2D eigenvalue weighted by atomic mass is 32.2. The highest BCUT2D eigenvalue weighted by molar-refractivity contribution is 7.93. The second-order valence-corrected chi connectivity index (χ2v) is 11.2. The van der Waals surface area contributed by atoms with Gasteiger partial charge in [-0.25, -0.2) is 16.8 Å². The van der Waals surface area contributed by atoms with Gasteiger partial charge in [-0.15, -0.1) is 0 Å². The molecule has 0 amide bonds. The average molecular weight is 426 g/mol. The first-order valence-corrected chi connectivity index (χ1v) is 12.1. The second-order valence-electron chi connectivity index (χ2n) is 7.26. The summed E-state index contributed by atoms with van der Waals surface area (Å²) in [6.07, 6.45) is -1.36. The van der Waals surface area contributed by atoms with E-state index in [2.05, 4.69) is 0 Å². The monoisotopic (exact) mass is 425 g/mol. The van der Waals surface area contributed by atoms with Crippen molar-refractivity contribution in [2.45, 2.75) is 36.8 Å². The molecule has 9 heteroatoms. The molecule has 28 heavy (non-hydrogen) atoms. The van der Waals surface area contributed by atoms with Crippen molar-refractivity contribution >= 4 is 25.5 Å². The molecule has 1 aliphatic heterocycles. The zero-order valence-electron chi connectivity index (χ0n) is 15.6. The number of sulfonamides is 1. The van der Waals surface area contributed by atoms with Gasteiger partial charge in [-0.2, -0.15) is 0 Å². The highest BCUT2D eigenvalue weighted by Crippen LogP contribution is 2.33. The molecule has 2 aromatic carbocycles. The minimum Gasteiger partial charge on any atom is -0.508 e. The number of aliphatic hydroxyl groups is 1. The van der Waals surface area contributed by atoms with Crippen molar-refractivity contribution in [3.63, 3.8) is 0 Å². The third-order valence-electron chi connectivity index (χ3n) is 4.78. The Morgan fingerprint density at radius 3 is 2.21 bits per heavy atom. The molecule has 0 bridgehead atoms. The maximum absolute atomic E-state index is 13.4. The topological polar surface area (TPSA) is 112 Å². The summed E-state index contributed by atoms with van der Waals surface area (Å²) >= 11 is 0. The summed E-state index contributed by atoms with van der Waals surface area (Å²) in [5.74, 6) is -0.939. The molecule has 2 atom stereocenters. The number of sulfone groups is 1. The summed E-state index contributed by atoms with van der Waals surface area (Å²) in [7, 11) is -7.77. The van der Waals surface area contributed by atoms with Gasteiger partial charge in [0.2, 0.25) is 0 Å². The Morgan fingerprint density at radius 1 is 1.07 bits per heavy atom. The van der Waals surface area contributed by atoms with E-state index >= 15 is 0 Å². The maximum Gasteiger partial charge on any atom is 0.264 e. The number of benzene rings is 2. The first kappa shape index (κ1) is 20.6. The van der Waals surface area contributed by atoms with E-state index in [1.165, 1.54) is 36.4 Å². The third-order valence-corrected chi connectivity index (χ3v) is 8.35. The fourth-order valence-electron chi connectivity index (χ4n) is 3.31. The molecule has 2 N–H and O–H groups in total. The van der Waals surface area contributed by atoms with Crippen LogP contribution in [0.1, 0.15) is 25.3 Å². The number of phenols is 1. The van der Waals surface area contributed by atoms with Crippen LogP contribution in [0, 0.1) is 0 Å². The molecule has 3 rings (SSSR count).